The highest BCUT2D eigenvalue weighted by molar-refractivity contribution is 6.15. The lowest BCUT2D eigenvalue weighted by molar-refractivity contribution is 0.660. The fourth-order valence-electron chi connectivity index (χ4n) is 9.71. The van der Waals surface area contributed by atoms with E-state index in [4.69, 9.17) is 0 Å². The molecule has 1 aliphatic rings. The number of nitrogens with zero attached hydrogens (tertiary/aromatic N) is 1. The maximum absolute atomic E-state index is 2.50. The third-order valence-electron chi connectivity index (χ3n) is 12.7. The molecule has 0 atom stereocenters. The maximum atomic E-state index is 2.50. The van der Waals surface area contributed by atoms with Crippen LogP contribution in [0.15, 0.2) is 224 Å². The van der Waals surface area contributed by atoms with E-state index in [1.165, 1.54) is 82.7 Å². The molecule has 0 aliphatic heterocycles. The van der Waals surface area contributed by atoms with E-state index in [-0.39, 0.29) is 5.41 Å². The predicted octanol–water partition coefficient (Wildman–Crippen LogP) is 16.4. The first-order valence-electron chi connectivity index (χ1n) is 20.9. The number of rotatable bonds is 7. The lowest BCUT2D eigenvalue weighted by atomic mass is 9.82. The van der Waals surface area contributed by atoms with Crippen LogP contribution in [0.3, 0.4) is 0 Å². The number of benzene rings is 10. The van der Waals surface area contributed by atoms with Crippen molar-refractivity contribution in [3.8, 4) is 55.6 Å². The Balaban J connectivity index is 1.20. The summed E-state index contributed by atoms with van der Waals surface area (Å²) in [6.45, 7) is 4.74. The molecule has 10 aromatic carbocycles. The van der Waals surface area contributed by atoms with Crippen LogP contribution in [0.25, 0.3) is 77.2 Å². The SMILES string of the molecule is CC1(C)c2ccccc2-c2ccc(N(c3cccc(-c4ccccc4)c3)c3cccc(-c4cc5ccccc5c5ccccc45)c3-c3ccc(-c4ccccc4)cc3)cc21. The first kappa shape index (κ1) is 35.7. The highest BCUT2D eigenvalue weighted by Crippen LogP contribution is 2.53. The van der Waals surface area contributed by atoms with Gasteiger partial charge in [0.05, 0.1) is 5.69 Å². The lowest BCUT2D eigenvalue weighted by Crippen LogP contribution is -2.17. The Bertz CT molecular complexity index is 3210. The molecule has 0 heterocycles. The van der Waals surface area contributed by atoms with Crippen LogP contribution < -0.4 is 4.90 Å². The first-order valence-corrected chi connectivity index (χ1v) is 20.9. The van der Waals surface area contributed by atoms with Crippen molar-refractivity contribution >= 4 is 38.6 Å². The molecular formula is C59H43N. The molecular weight excluding hydrogens is 723 g/mol. The monoisotopic (exact) mass is 765 g/mol. The molecule has 0 amide bonds. The minimum atomic E-state index is -0.151. The summed E-state index contributed by atoms with van der Waals surface area (Å²) in [7, 11) is 0. The van der Waals surface area contributed by atoms with E-state index in [2.05, 4.69) is 243 Å². The zero-order valence-electron chi connectivity index (χ0n) is 33.8. The van der Waals surface area contributed by atoms with Gasteiger partial charge in [-0.05, 0) is 119 Å². The minimum absolute atomic E-state index is 0.151. The van der Waals surface area contributed by atoms with Crippen molar-refractivity contribution in [1.82, 2.24) is 0 Å². The summed E-state index contributed by atoms with van der Waals surface area (Å²) in [5.41, 5.74) is 18.1. The summed E-state index contributed by atoms with van der Waals surface area (Å²) in [6, 6.07) is 82.6. The molecule has 284 valence electrons. The first-order chi connectivity index (χ1) is 29.5. The molecule has 0 radical (unpaired) electrons. The summed E-state index contributed by atoms with van der Waals surface area (Å²) in [6.07, 6.45) is 0. The number of anilines is 3. The Morgan fingerprint density at radius 1 is 0.317 bits per heavy atom. The normalized spacial score (nSPS) is 12.6. The second-order valence-electron chi connectivity index (χ2n) is 16.5. The van der Waals surface area contributed by atoms with Gasteiger partial charge in [-0.2, -0.15) is 0 Å². The van der Waals surface area contributed by atoms with E-state index < -0.39 is 0 Å². The van der Waals surface area contributed by atoms with E-state index in [0.717, 1.165) is 22.6 Å². The van der Waals surface area contributed by atoms with Crippen molar-refractivity contribution < 1.29 is 0 Å². The Hall–Kier alpha value is -7.48. The van der Waals surface area contributed by atoms with E-state index in [9.17, 15) is 0 Å². The second-order valence-corrected chi connectivity index (χ2v) is 16.5. The van der Waals surface area contributed by atoms with Gasteiger partial charge in [0.2, 0.25) is 0 Å². The quantitative estimate of drug-likeness (QED) is 0.146. The van der Waals surface area contributed by atoms with E-state index in [1.54, 1.807) is 0 Å². The van der Waals surface area contributed by atoms with Crippen molar-refractivity contribution in [2.24, 2.45) is 0 Å². The summed E-state index contributed by atoms with van der Waals surface area (Å²) in [5, 5.41) is 5.00. The van der Waals surface area contributed by atoms with Crippen molar-refractivity contribution in [3.63, 3.8) is 0 Å². The van der Waals surface area contributed by atoms with Crippen LogP contribution in [0, 0.1) is 0 Å². The predicted molar refractivity (Wildman–Crippen MR) is 255 cm³/mol. The number of hydrogen-bond donors (Lipinski definition) is 0. The van der Waals surface area contributed by atoms with E-state index in [1.807, 2.05) is 0 Å². The summed E-state index contributed by atoms with van der Waals surface area (Å²) >= 11 is 0. The molecule has 10 aromatic rings. The highest BCUT2D eigenvalue weighted by Gasteiger charge is 2.36. The molecule has 0 fully saturated rings. The molecule has 0 aromatic heterocycles. The topological polar surface area (TPSA) is 3.24 Å². The molecule has 0 bridgehead atoms. The van der Waals surface area contributed by atoms with Crippen molar-refractivity contribution in [2.45, 2.75) is 19.3 Å². The molecule has 11 rings (SSSR count). The van der Waals surface area contributed by atoms with Gasteiger partial charge in [-0.3, -0.25) is 0 Å². The fourth-order valence-corrected chi connectivity index (χ4v) is 9.71. The third kappa shape index (κ3) is 5.93. The number of fused-ring (bicyclic) bond motifs is 6. The molecule has 0 unspecified atom stereocenters. The van der Waals surface area contributed by atoms with Crippen LogP contribution in [-0.2, 0) is 5.41 Å². The van der Waals surface area contributed by atoms with Gasteiger partial charge in [-0.25, -0.2) is 0 Å². The number of hydrogen-bond acceptors (Lipinski definition) is 1. The zero-order chi connectivity index (χ0) is 40.2. The Kier molecular flexibility index (Phi) is 8.57. The largest absolute Gasteiger partial charge is 0.310 e. The summed E-state index contributed by atoms with van der Waals surface area (Å²) in [4.78, 5) is 2.50. The van der Waals surface area contributed by atoms with Gasteiger partial charge in [-0.1, -0.05) is 202 Å². The van der Waals surface area contributed by atoms with Crippen LogP contribution in [0.1, 0.15) is 25.0 Å². The van der Waals surface area contributed by atoms with Gasteiger partial charge in [-0.15, -0.1) is 0 Å². The van der Waals surface area contributed by atoms with Gasteiger partial charge < -0.3 is 4.90 Å². The van der Waals surface area contributed by atoms with E-state index >= 15 is 0 Å². The Labute approximate surface area is 352 Å². The van der Waals surface area contributed by atoms with Crippen LogP contribution in [0.2, 0.25) is 0 Å². The smallest absolute Gasteiger partial charge is 0.0546 e. The average Bonchev–Trinajstić information content (AvgIpc) is 3.54. The van der Waals surface area contributed by atoms with E-state index in [0.29, 0.717) is 0 Å². The molecule has 0 N–H and O–H groups in total. The fraction of sp³-hybridized carbons (Fsp3) is 0.0508. The average molecular weight is 766 g/mol. The van der Waals surface area contributed by atoms with Gasteiger partial charge in [0.15, 0.2) is 0 Å². The molecule has 0 saturated carbocycles. The van der Waals surface area contributed by atoms with Crippen LogP contribution in [-0.4, -0.2) is 0 Å². The second kappa shape index (κ2) is 14.4. The Morgan fingerprint density at radius 3 is 1.65 bits per heavy atom. The Morgan fingerprint density at radius 2 is 0.867 bits per heavy atom. The molecule has 0 spiro atoms. The lowest BCUT2D eigenvalue weighted by Gasteiger charge is -2.31. The summed E-state index contributed by atoms with van der Waals surface area (Å²) in [5.74, 6) is 0. The molecule has 0 saturated heterocycles. The molecule has 60 heavy (non-hydrogen) atoms. The van der Waals surface area contributed by atoms with Crippen LogP contribution in [0.5, 0.6) is 0 Å². The third-order valence-corrected chi connectivity index (χ3v) is 12.7. The van der Waals surface area contributed by atoms with Gasteiger partial charge in [0.25, 0.3) is 0 Å². The standard InChI is InChI=1S/C59H43N/c1-59(2)55-29-14-13-27-51(55)52-36-35-47(39-56(52)59)60(46-23-15-22-44(37-46)41-19-7-4-8-20-41)57-30-16-28-53(58(57)43-33-31-42(32-34-43)40-17-5-3-6-18-40)54-38-45-21-9-10-24-48(45)49-25-11-12-26-50(49)54/h3-39H,1-2H3. The molecule has 1 aliphatic carbocycles. The maximum Gasteiger partial charge on any atom is 0.0546 e. The van der Waals surface area contributed by atoms with Crippen molar-refractivity contribution in [2.75, 3.05) is 4.90 Å². The summed E-state index contributed by atoms with van der Waals surface area (Å²) < 4.78 is 0. The van der Waals surface area contributed by atoms with Crippen molar-refractivity contribution in [1.29, 1.82) is 0 Å². The minimum Gasteiger partial charge on any atom is -0.310 e. The van der Waals surface area contributed by atoms with Crippen LogP contribution in [0.4, 0.5) is 17.1 Å². The van der Waals surface area contributed by atoms with Gasteiger partial charge in [0, 0.05) is 22.4 Å². The zero-order valence-corrected chi connectivity index (χ0v) is 33.8. The van der Waals surface area contributed by atoms with Crippen LogP contribution >= 0.6 is 0 Å². The highest BCUT2D eigenvalue weighted by atomic mass is 15.1. The van der Waals surface area contributed by atoms with Gasteiger partial charge >= 0.3 is 0 Å². The van der Waals surface area contributed by atoms with Crippen molar-refractivity contribution in [3.05, 3.63) is 236 Å². The molecule has 1 nitrogen and oxygen atoms in total. The van der Waals surface area contributed by atoms with Gasteiger partial charge in [0.1, 0.15) is 0 Å². The molecule has 1 heteroatoms.